The molecule has 0 radical (unpaired) electrons. The summed E-state index contributed by atoms with van der Waals surface area (Å²) in [5.41, 5.74) is 4.81. The molecule has 10 fully saturated rings. The Bertz CT molecular complexity index is 2410. The van der Waals surface area contributed by atoms with Crippen LogP contribution < -0.4 is 0 Å². The summed E-state index contributed by atoms with van der Waals surface area (Å²) in [5.74, 6) is -0.282. The van der Waals surface area contributed by atoms with E-state index in [1.165, 1.54) is 36.0 Å². The van der Waals surface area contributed by atoms with Gasteiger partial charge < -0.3 is 34.3 Å². The van der Waals surface area contributed by atoms with Crippen LogP contribution in [0.15, 0.2) is 33.9 Å². The fourth-order valence-electron chi connectivity index (χ4n) is 21.4. The lowest BCUT2D eigenvalue weighted by Crippen LogP contribution is -2.76. The number of rotatable bonds is 8. The molecule has 14 rings (SSSR count). The number of hydrogen-bond acceptors (Lipinski definition) is 10. The first-order valence-electron chi connectivity index (χ1n) is 28.1. The number of aliphatic hydroxyl groups excluding tert-OH is 1. The van der Waals surface area contributed by atoms with Gasteiger partial charge in [-0.1, -0.05) is 89.3 Å². The second-order valence-corrected chi connectivity index (χ2v) is 29.7. The van der Waals surface area contributed by atoms with Crippen LogP contribution >= 0.6 is 0 Å². The van der Waals surface area contributed by atoms with Gasteiger partial charge in [0.25, 0.3) is 0 Å². The van der Waals surface area contributed by atoms with Gasteiger partial charge in [-0.3, -0.25) is 4.55 Å². The summed E-state index contributed by atoms with van der Waals surface area (Å²) in [5, 5.41) is 34.8. The average molecular weight is 993 g/mol. The van der Waals surface area contributed by atoms with E-state index in [0.717, 1.165) is 70.6 Å². The first kappa shape index (κ1) is 49.7. The minimum atomic E-state index is -4.81. The van der Waals surface area contributed by atoms with Crippen molar-refractivity contribution in [1.29, 1.82) is 0 Å². The minimum absolute atomic E-state index is 0.00938. The first-order valence-corrected chi connectivity index (χ1v) is 29.4. The van der Waals surface area contributed by atoms with E-state index in [-0.39, 0.29) is 64.0 Å². The topological polar surface area (TPSA) is 161 Å². The molecule has 0 aromatic heterocycles. The van der Waals surface area contributed by atoms with Crippen LogP contribution in [0.1, 0.15) is 185 Å². The Labute approximate surface area is 419 Å². The van der Waals surface area contributed by atoms with Crippen LogP contribution in [0.25, 0.3) is 0 Å². The number of hydrogen-bond donors (Lipinski definition) is 4. The highest BCUT2D eigenvalue weighted by atomic mass is 32.3. The van der Waals surface area contributed by atoms with Crippen LogP contribution in [0, 0.1) is 79.8 Å². The van der Waals surface area contributed by atoms with Gasteiger partial charge in [0.05, 0.1) is 42.7 Å². The number of ether oxygens (including phenoxy) is 4. The van der Waals surface area contributed by atoms with Gasteiger partial charge in [-0.2, -0.15) is 8.42 Å². The fourth-order valence-corrected chi connectivity index (χ4v) is 21.9. The Morgan fingerprint density at radius 1 is 0.814 bits per heavy atom. The third-order valence-electron chi connectivity index (χ3n) is 24.9. The average Bonchev–Trinajstić information content (AvgIpc) is 3.85. The molecule has 19 atom stereocenters. The van der Waals surface area contributed by atoms with E-state index < -0.39 is 50.9 Å². The van der Waals surface area contributed by atoms with Crippen molar-refractivity contribution >= 4 is 10.4 Å². The van der Waals surface area contributed by atoms with Crippen LogP contribution in [0.4, 0.5) is 0 Å². The molecule has 5 unspecified atom stereocenters. The normalized spacial score (nSPS) is 52.2. The highest BCUT2D eigenvalue weighted by Crippen LogP contribution is 2.74. The van der Waals surface area contributed by atoms with Gasteiger partial charge in [0.1, 0.15) is 6.10 Å². The van der Waals surface area contributed by atoms with E-state index in [0.29, 0.717) is 55.0 Å². The second kappa shape index (κ2) is 15.3. The molecular formula is C58H88O11S. The molecule has 2 spiro atoms. The molecule has 6 bridgehead atoms. The zero-order chi connectivity index (χ0) is 50.0. The lowest BCUT2D eigenvalue weighted by Gasteiger charge is -2.69. The van der Waals surface area contributed by atoms with Gasteiger partial charge in [0, 0.05) is 34.0 Å². The predicted molar refractivity (Wildman–Crippen MR) is 265 cm³/mol. The van der Waals surface area contributed by atoms with Gasteiger partial charge in [-0.05, 0) is 176 Å². The summed E-state index contributed by atoms with van der Waals surface area (Å²) in [7, 11) is -4.81. The summed E-state index contributed by atoms with van der Waals surface area (Å²) in [6.07, 6.45) is 16.8. The van der Waals surface area contributed by atoms with Crippen LogP contribution in [-0.4, -0.2) is 88.7 Å². The standard InChI is InChI=1S/C58H88O11S/c1-32(37-14-16-39-35-13-18-45-49(3,4)57(60)25-24-55(45,30-65-57)41(35)20-22-52(37,39)9)12-19-47-54(11)28-34(51(7,8)69-54)26-43(67-47)33(2)38-15-17-40-36-27-44(68-70(62,63)64)48-50(5,6)58(61)46(59)29-56(48,31-66-58)42(36)21-23-53(38,40)10/h18,32-34,37-40,43-44,46-48,59-61H,12-17,19-31H2,1-11H3,(H,62,63,64)/t32-,33+,34-,37-,38-,39?,40?,43-,44+,46+,47+,48?,52-,53-,54-,55+,56+,57?,58?/m1/s1. The largest absolute Gasteiger partial charge is 0.397 e. The maximum absolute atomic E-state index is 12.6. The molecule has 0 aromatic carbocycles. The molecule has 0 amide bonds. The lowest BCUT2D eigenvalue weighted by molar-refractivity contribution is -0.408. The van der Waals surface area contributed by atoms with Gasteiger partial charge in [-0.25, -0.2) is 4.18 Å². The second-order valence-electron chi connectivity index (χ2n) is 28.7. The highest BCUT2D eigenvalue weighted by molar-refractivity contribution is 7.80. The van der Waals surface area contributed by atoms with Gasteiger partial charge in [0.15, 0.2) is 11.6 Å². The summed E-state index contributed by atoms with van der Waals surface area (Å²) in [4.78, 5) is 0. The third-order valence-corrected chi connectivity index (χ3v) is 25.4. The molecule has 0 aromatic rings. The van der Waals surface area contributed by atoms with E-state index in [1.54, 1.807) is 11.1 Å². The van der Waals surface area contributed by atoms with Crippen molar-refractivity contribution in [3.8, 4) is 0 Å². The highest BCUT2D eigenvalue weighted by Gasteiger charge is 2.75. The Balaban J connectivity index is 0.782. The van der Waals surface area contributed by atoms with Crippen molar-refractivity contribution in [3.63, 3.8) is 0 Å². The van der Waals surface area contributed by atoms with Crippen LogP contribution in [0.5, 0.6) is 0 Å². The maximum Gasteiger partial charge on any atom is 0.397 e. The summed E-state index contributed by atoms with van der Waals surface area (Å²) < 4.78 is 68.4. The molecular weight excluding hydrogens is 905 g/mol. The number of aliphatic hydroxyl groups is 3. The Morgan fingerprint density at radius 3 is 2.16 bits per heavy atom. The van der Waals surface area contributed by atoms with Crippen molar-refractivity contribution < 1.29 is 51.4 Å². The first-order chi connectivity index (χ1) is 32.5. The van der Waals surface area contributed by atoms with Crippen molar-refractivity contribution in [2.75, 3.05) is 13.2 Å². The van der Waals surface area contributed by atoms with Crippen LogP contribution in [0.3, 0.4) is 0 Å². The fraction of sp³-hybridized carbons (Fsp3) is 0.897. The third kappa shape index (κ3) is 6.39. The van der Waals surface area contributed by atoms with E-state index >= 15 is 0 Å². The molecule has 12 heteroatoms. The van der Waals surface area contributed by atoms with Crippen LogP contribution in [-0.2, 0) is 33.5 Å². The van der Waals surface area contributed by atoms with E-state index in [9.17, 15) is 28.3 Å². The molecule has 6 saturated heterocycles. The monoisotopic (exact) mass is 993 g/mol. The molecule has 8 aliphatic carbocycles. The molecule has 11 nitrogen and oxygen atoms in total. The SMILES string of the molecule is C[C@@H]([C@H]1CCC2C3=C(CC[C@@]21C)[C@@]12COC(O)([C@@H](O)C1)C(C)(C)C2[C@@H](OS(=O)(=O)O)C3)[C@H]1C[C@@H]2C[C@@](C)(OC2(C)C)[C@H](CC[C@@H](C)[C@H]2CCC3C4=C(CC[C@@]32C)[C@]23CCC(O)(OC2)C(C)(C)C3=CC4)O1. The molecule has 70 heavy (non-hydrogen) atoms. The van der Waals surface area contributed by atoms with E-state index in [2.05, 4.69) is 68.4 Å². The summed E-state index contributed by atoms with van der Waals surface area (Å²) >= 11 is 0. The van der Waals surface area contributed by atoms with E-state index in [1.807, 2.05) is 13.8 Å². The summed E-state index contributed by atoms with van der Waals surface area (Å²) in [6.45, 7) is 26.0. The predicted octanol–water partition coefficient (Wildman–Crippen LogP) is 10.6. The maximum atomic E-state index is 12.6. The zero-order valence-electron chi connectivity index (χ0n) is 44.5. The minimum Gasteiger partial charge on any atom is -0.387 e. The molecule has 4 N–H and O–H groups in total. The molecule has 6 aliphatic heterocycles. The zero-order valence-corrected chi connectivity index (χ0v) is 45.3. The number of fused-ring (bicyclic) bond motifs is 10. The lowest BCUT2D eigenvalue weighted by atomic mass is 9.42. The molecule has 6 heterocycles. The van der Waals surface area contributed by atoms with Crippen molar-refractivity contribution in [1.82, 2.24) is 0 Å². The van der Waals surface area contributed by atoms with Gasteiger partial charge in [0.2, 0.25) is 0 Å². The van der Waals surface area contributed by atoms with Crippen LogP contribution in [0.2, 0.25) is 0 Å². The molecule has 14 aliphatic rings. The number of allylic oxidation sites excluding steroid dienone is 2. The summed E-state index contributed by atoms with van der Waals surface area (Å²) in [6, 6.07) is 0. The van der Waals surface area contributed by atoms with Gasteiger partial charge in [-0.15, -0.1) is 0 Å². The Kier molecular flexibility index (Phi) is 10.8. The van der Waals surface area contributed by atoms with Crippen molar-refractivity contribution in [2.45, 2.75) is 233 Å². The van der Waals surface area contributed by atoms with Crippen molar-refractivity contribution in [3.05, 3.63) is 33.9 Å². The quantitative estimate of drug-likeness (QED) is 0.135. The smallest absolute Gasteiger partial charge is 0.387 e. The molecule has 392 valence electrons. The van der Waals surface area contributed by atoms with Gasteiger partial charge >= 0.3 is 10.4 Å². The Hall–Kier alpha value is -1.19. The molecule has 4 saturated carbocycles. The van der Waals surface area contributed by atoms with E-state index in [4.69, 9.17) is 23.1 Å². The van der Waals surface area contributed by atoms with Crippen molar-refractivity contribution in [2.24, 2.45) is 79.8 Å². The Morgan fingerprint density at radius 2 is 1.49 bits per heavy atom.